The minimum Gasteiger partial charge on any atom is -0.359 e. The molecule has 7 nitrogen and oxygen atoms in total. The molecule has 1 aliphatic heterocycles. The zero-order chi connectivity index (χ0) is 14.8. The third kappa shape index (κ3) is 2.76. The number of pyridine rings is 1. The number of carbonyl (C=O) groups excluding carboxylic acids is 1. The lowest BCUT2D eigenvalue weighted by molar-refractivity contribution is 0.0945. The van der Waals surface area contributed by atoms with Crippen LogP contribution in [0, 0.1) is 0 Å². The van der Waals surface area contributed by atoms with Crippen LogP contribution in [0.4, 0.5) is 5.82 Å². The second kappa shape index (κ2) is 5.35. The molecule has 3 rings (SSSR count). The number of aromatic amines is 1. The number of anilines is 1. The van der Waals surface area contributed by atoms with Crippen molar-refractivity contribution in [2.24, 2.45) is 0 Å². The first-order valence-electron chi connectivity index (χ1n) is 6.66. The highest BCUT2D eigenvalue weighted by molar-refractivity contribution is 5.92. The second-order valence-electron chi connectivity index (χ2n) is 4.94. The van der Waals surface area contributed by atoms with Crippen molar-refractivity contribution in [2.45, 2.75) is 13.0 Å². The van der Waals surface area contributed by atoms with Gasteiger partial charge in [0.25, 0.3) is 11.5 Å². The molecule has 0 saturated heterocycles. The number of carbonyl (C=O) groups is 1. The molecule has 0 spiro atoms. The van der Waals surface area contributed by atoms with Gasteiger partial charge in [0.05, 0.1) is 18.6 Å². The maximum atomic E-state index is 12.1. The predicted molar refractivity (Wildman–Crippen MR) is 77.2 cm³/mol. The van der Waals surface area contributed by atoms with Gasteiger partial charge < -0.3 is 15.2 Å². The van der Waals surface area contributed by atoms with Crippen LogP contribution in [-0.4, -0.2) is 34.5 Å². The molecule has 2 aromatic rings. The summed E-state index contributed by atoms with van der Waals surface area (Å²) in [6, 6.07) is 5.01. The molecule has 0 fully saturated rings. The Bertz CT molecular complexity index is 740. The molecule has 0 atom stereocenters. The Kier molecular flexibility index (Phi) is 3.39. The van der Waals surface area contributed by atoms with Crippen LogP contribution in [0.25, 0.3) is 0 Å². The van der Waals surface area contributed by atoms with Gasteiger partial charge in [-0.1, -0.05) is 6.07 Å². The molecule has 0 saturated carbocycles. The molecule has 0 radical (unpaired) electrons. The van der Waals surface area contributed by atoms with Gasteiger partial charge in [-0.15, -0.1) is 0 Å². The maximum Gasteiger partial charge on any atom is 0.270 e. The van der Waals surface area contributed by atoms with Gasteiger partial charge in [0.15, 0.2) is 0 Å². The van der Waals surface area contributed by atoms with Crippen LogP contribution < -0.4 is 15.8 Å². The summed E-state index contributed by atoms with van der Waals surface area (Å²) in [5, 5.41) is 2.71. The molecule has 3 heterocycles. The first kappa shape index (κ1) is 13.3. The van der Waals surface area contributed by atoms with Crippen LogP contribution in [-0.2, 0) is 13.0 Å². The summed E-state index contributed by atoms with van der Waals surface area (Å²) in [5.74, 6) is 0.581. The second-order valence-corrected chi connectivity index (χ2v) is 4.94. The Morgan fingerprint density at radius 3 is 3.14 bits per heavy atom. The van der Waals surface area contributed by atoms with E-state index in [9.17, 15) is 9.59 Å². The average Bonchev–Trinajstić information content (AvgIpc) is 2.86. The molecule has 7 heteroatoms. The van der Waals surface area contributed by atoms with Crippen LogP contribution in [0.2, 0.25) is 0 Å². The van der Waals surface area contributed by atoms with E-state index in [4.69, 9.17) is 0 Å². The quantitative estimate of drug-likeness (QED) is 0.834. The Morgan fingerprint density at radius 1 is 1.48 bits per heavy atom. The molecule has 21 heavy (non-hydrogen) atoms. The van der Waals surface area contributed by atoms with E-state index >= 15 is 0 Å². The molecular weight excluding hydrogens is 270 g/mol. The van der Waals surface area contributed by atoms with Gasteiger partial charge in [0.2, 0.25) is 0 Å². The Labute approximate surface area is 121 Å². The van der Waals surface area contributed by atoms with Gasteiger partial charge >= 0.3 is 0 Å². The molecule has 108 valence electrons. The van der Waals surface area contributed by atoms with Crippen molar-refractivity contribution < 1.29 is 4.79 Å². The largest absolute Gasteiger partial charge is 0.359 e. The van der Waals surface area contributed by atoms with Crippen LogP contribution in [0.5, 0.6) is 0 Å². The minimum absolute atomic E-state index is 0.192. The van der Waals surface area contributed by atoms with Gasteiger partial charge in [-0.05, 0) is 18.1 Å². The van der Waals surface area contributed by atoms with E-state index < -0.39 is 0 Å². The van der Waals surface area contributed by atoms with Crippen LogP contribution in [0.1, 0.15) is 21.7 Å². The zero-order valence-electron chi connectivity index (χ0n) is 11.6. The molecule has 1 aliphatic rings. The third-order valence-corrected chi connectivity index (χ3v) is 3.43. The van der Waals surface area contributed by atoms with E-state index in [0.29, 0.717) is 11.4 Å². The van der Waals surface area contributed by atoms with E-state index in [1.807, 2.05) is 18.0 Å². The van der Waals surface area contributed by atoms with E-state index in [1.165, 1.54) is 12.4 Å². The molecule has 0 aliphatic carbocycles. The lowest BCUT2D eigenvalue weighted by Crippen LogP contribution is -2.25. The average molecular weight is 285 g/mol. The number of rotatable bonds is 3. The molecule has 2 aromatic heterocycles. The Hall–Kier alpha value is -2.70. The van der Waals surface area contributed by atoms with Crippen molar-refractivity contribution in [3.05, 3.63) is 51.8 Å². The number of aromatic nitrogens is 3. The number of hydrogen-bond acceptors (Lipinski definition) is 5. The highest BCUT2D eigenvalue weighted by Gasteiger charge is 2.19. The topological polar surface area (TPSA) is 91.0 Å². The molecule has 0 aromatic carbocycles. The van der Waals surface area contributed by atoms with E-state index in [2.05, 4.69) is 20.3 Å². The van der Waals surface area contributed by atoms with E-state index in [-0.39, 0.29) is 18.0 Å². The monoisotopic (exact) mass is 285 g/mol. The summed E-state index contributed by atoms with van der Waals surface area (Å²) >= 11 is 0. The normalized spacial score (nSPS) is 13.1. The first-order chi connectivity index (χ1) is 10.1. The number of hydrogen-bond donors (Lipinski definition) is 2. The number of nitrogens with zero attached hydrogens (tertiary/aromatic N) is 3. The highest BCUT2D eigenvalue weighted by Crippen LogP contribution is 2.24. The summed E-state index contributed by atoms with van der Waals surface area (Å²) in [7, 11) is 1.96. The summed E-state index contributed by atoms with van der Waals surface area (Å²) in [4.78, 5) is 36.1. The third-order valence-electron chi connectivity index (χ3n) is 3.43. The van der Waals surface area contributed by atoms with Gasteiger partial charge in [-0.3, -0.25) is 9.59 Å². The van der Waals surface area contributed by atoms with Gasteiger partial charge in [0.1, 0.15) is 11.5 Å². The van der Waals surface area contributed by atoms with Crippen molar-refractivity contribution in [1.29, 1.82) is 0 Å². The zero-order valence-corrected chi connectivity index (χ0v) is 11.6. The number of nitrogens with one attached hydrogen (secondary N) is 2. The number of fused-ring (bicyclic) bond motifs is 1. The van der Waals surface area contributed by atoms with Gasteiger partial charge in [0, 0.05) is 19.7 Å². The summed E-state index contributed by atoms with van der Waals surface area (Å²) in [6.07, 6.45) is 2.27. The van der Waals surface area contributed by atoms with Crippen LogP contribution in [0.15, 0.2) is 29.3 Å². The van der Waals surface area contributed by atoms with Crippen LogP contribution >= 0.6 is 0 Å². The summed E-state index contributed by atoms with van der Waals surface area (Å²) in [5.41, 5.74) is 1.79. The number of amides is 1. The van der Waals surface area contributed by atoms with Crippen LogP contribution in [0.3, 0.4) is 0 Å². The number of likely N-dealkylation sites (N-methyl/N-ethyl adjacent to an activating group) is 1. The standard InChI is InChI=1S/C14H15N5O2/c1-19-5-4-9-2-3-11(18-13(9)19)14(21)15-7-10-6-12(20)17-8-16-10/h2-3,6,8H,4-5,7H2,1H3,(H,15,21)(H,16,17,20). The molecule has 0 unspecified atom stereocenters. The van der Waals surface area contributed by atoms with Crippen molar-refractivity contribution >= 4 is 11.7 Å². The highest BCUT2D eigenvalue weighted by atomic mass is 16.2. The Morgan fingerprint density at radius 2 is 2.33 bits per heavy atom. The molecule has 0 bridgehead atoms. The maximum absolute atomic E-state index is 12.1. The molecular formula is C14H15N5O2. The van der Waals surface area contributed by atoms with E-state index in [1.54, 1.807) is 6.07 Å². The molecule has 2 N–H and O–H groups in total. The fraction of sp³-hybridized carbons (Fsp3) is 0.286. The van der Waals surface area contributed by atoms with Crippen molar-refractivity contribution in [2.75, 3.05) is 18.5 Å². The summed E-state index contributed by atoms with van der Waals surface area (Å²) in [6.45, 7) is 1.11. The minimum atomic E-state index is -0.278. The van der Waals surface area contributed by atoms with Crippen molar-refractivity contribution in [1.82, 2.24) is 20.3 Å². The predicted octanol–water partition coefficient (Wildman–Crippen LogP) is 0.0872. The van der Waals surface area contributed by atoms with Gasteiger partial charge in [-0.2, -0.15) is 0 Å². The van der Waals surface area contributed by atoms with Crippen molar-refractivity contribution in [3.63, 3.8) is 0 Å². The number of H-pyrrole nitrogens is 1. The lowest BCUT2D eigenvalue weighted by Gasteiger charge is -2.11. The fourth-order valence-corrected chi connectivity index (χ4v) is 2.29. The first-order valence-corrected chi connectivity index (χ1v) is 6.66. The van der Waals surface area contributed by atoms with Gasteiger partial charge in [-0.25, -0.2) is 9.97 Å². The lowest BCUT2D eigenvalue weighted by atomic mass is 10.2. The SMILES string of the molecule is CN1CCc2ccc(C(=O)NCc3cc(=O)[nH]cn3)nc21. The summed E-state index contributed by atoms with van der Waals surface area (Å²) < 4.78 is 0. The van der Waals surface area contributed by atoms with Crippen molar-refractivity contribution in [3.8, 4) is 0 Å². The molecule has 1 amide bonds. The van der Waals surface area contributed by atoms with E-state index in [0.717, 1.165) is 24.3 Å². The Balaban J connectivity index is 1.71. The smallest absolute Gasteiger partial charge is 0.270 e. The fourth-order valence-electron chi connectivity index (χ4n) is 2.29.